The molecule has 8 nitrogen and oxygen atoms in total. The first-order chi connectivity index (χ1) is 8.50. The van der Waals surface area contributed by atoms with Gasteiger partial charge in [-0.2, -0.15) is 5.10 Å². The van der Waals surface area contributed by atoms with E-state index >= 15 is 0 Å². The van der Waals surface area contributed by atoms with Gasteiger partial charge < -0.3 is 15.3 Å². The number of H-pyrrole nitrogens is 1. The number of rotatable bonds is 6. The second-order valence-corrected chi connectivity index (χ2v) is 4.02. The van der Waals surface area contributed by atoms with Gasteiger partial charge in [-0.3, -0.25) is 9.89 Å². The highest BCUT2D eigenvalue weighted by atomic mass is 16.4. The first-order valence-electron chi connectivity index (χ1n) is 5.61. The van der Waals surface area contributed by atoms with Crippen LogP contribution < -0.4 is 5.32 Å². The van der Waals surface area contributed by atoms with Crippen LogP contribution in [0.25, 0.3) is 0 Å². The van der Waals surface area contributed by atoms with Gasteiger partial charge in [0.2, 0.25) is 0 Å². The van der Waals surface area contributed by atoms with Gasteiger partial charge in [0, 0.05) is 12.6 Å². The fourth-order valence-electron chi connectivity index (χ4n) is 1.39. The van der Waals surface area contributed by atoms with E-state index in [9.17, 15) is 9.59 Å². The molecule has 0 bridgehead atoms. The highest BCUT2D eigenvalue weighted by molar-refractivity contribution is 5.75. The van der Waals surface area contributed by atoms with Gasteiger partial charge in [0.1, 0.15) is 12.2 Å². The second kappa shape index (κ2) is 6.58. The molecule has 0 atom stereocenters. The Balaban J connectivity index is 2.46. The summed E-state index contributed by atoms with van der Waals surface area (Å²) < 4.78 is 0. The molecule has 3 N–H and O–H groups in total. The van der Waals surface area contributed by atoms with Gasteiger partial charge in [-0.05, 0) is 13.8 Å². The molecule has 1 rings (SSSR count). The number of amides is 2. The van der Waals surface area contributed by atoms with Crippen molar-refractivity contribution in [2.45, 2.75) is 32.9 Å². The van der Waals surface area contributed by atoms with Gasteiger partial charge in [-0.1, -0.05) is 0 Å². The maximum atomic E-state index is 11.9. The van der Waals surface area contributed by atoms with Crippen LogP contribution in [0.3, 0.4) is 0 Å². The van der Waals surface area contributed by atoms with E-state index < -0.39 is 5.97 Å². The third-order valence-corrected chi connectivity index (χ3v) is 2.32. The quantitative estimate of drug-likeness (QED) is 0.672. The topological polar surface area (TPSA) is 111 Å². The third-order valence-electron chi connectivity index (χ3n) is 2.32. The molecule has 0 radical (unpaired) electrons. The predicted octanol–water partition coefficient (Wildman–Crippen LogP) is 0.199. The van der Waals surface area contributed by atoms with E-state index in [1.165, 1.54) is 11.2 Å². The Morgan fingerprint density at radius 3 is 2.78 bits per heavy atom. The molecule has 1 aromatic rings. The Morgan fingerprint density at radius 1 is 1.56 bits per heavy atom. The fraction of sp³-hybridized carbons (Fsp3) is 0.600. The molecule has 0 saturated heterocycles. The summed E-state index contributed by atoms with van der Waals surface area (Å²) in [6.07, 6.45) is 1.28. The van der Waals surface area contributed by atoms with Gasteiger partial charge in [0.25, 0.3) is 0 Å². The number of urea groups is 1. The zero-order chi connectivity index (χ0) is 13.5. The van der Waals surface area contributed by atoms with Crippen molar-refractivity contribution < 1.29 is 14.7 Å². The molecule has 1 heterocycles. The monoisotopic (exact) mass is 255 g/mol. The smallest absolute Gasteiger partial charge is 0.318 e. The summed E-state index contributed by atoms with van der Waals surface area (Å²) in [4.78, 5) is 27.7. The Kier molecular flexibility index (Phi) is 5.09. The number of carbonyl (C=O) groups is 2. The van der Waals surface area contributed by atoms with Gasteiger partial charge >= 0.3 is 12.0 Å². The van der Waals surface area contributed by atoms with Crippen molar-refractivity contribution in [3.63, 3.8) is 0 Å². The molecule has 1 aromatic heterocycles. The molecule has 0 saturated carbocycles. The Morgan fingerprint density at radius 2 is 2.28 bits per heavy atom. The molecule has 0 aliphatic heterocycles. The van der Waals surface area contributed by atoms with Crippen molar-refractivity contribution in [1.82, 2.24) is 25.4 Å². The van der Waals surface area contributed by atoms with Gasteiger partial charge in [-0.15, -0.1) is 0 Å². The first kappa shape index (κ1) is 13.9. The number of aliphatic carboxylic acids is 1. The van der Waals surface area contributed by atoms with Crippen LogP contribution in [-0.4, -0.2) is 49.8 Å². The molecule has 0 aliphatic rings. The Labute approximate surface area is 104 Å². The van der Waals surface area contributed by atoms with Gasteiger partial charge in [-0.25, -0.2) is 9.78 Å². The van der Waals surface area contributed by atoms with Crippen LogP contribution in [0, 0.1) is 0 Å². The normalized spacial score (nSPS) is 10.4. The minimum atomic E-state index is -0.927. The first-order valence-corrected chi connectivity index (χ1v) is 5.61. The lowest BCUT2D eigenvalue weighted by Gasteiger charge is -2.26. The number of aromatic amines is 1. The molecule has 8 heteroatoms. The van der Waals surface area contributed by atoms with Crippen molar-refractivity contribution in [2.24, 2.45) is 0 Å². The number of hydrogen-bond donors (Lipinski definition) is 3. The minimum Gasteiger partial charge on any atom is -0.481 e. The average molecular weight is 255 g/mol. The third kappa shape index (κ3) is 4.40. The van der Waals surface area contributed by atoms with Gasteiger partial charge in [0.05, 0.1) is 13.0 Å². The van der Waals surface area contributed by atoms with E-state index in [1.54, 1.807) is 0 Å². The summed E-state index contributed by atoms with van der Waals surface area (Å²) in [6, 6.07) is -0.387. The number of hydrogen-bond acceptors (Lipinski definition) is 4. The van der Waals surface area contributed by atoms with E-state index in [4.69, 9.17) is 5.11 Å². The highest BCUT2D eigenvalue weighted by Crippen LogP contribution is 2.01. The summed E-state index contributed by atoms with van der Waals surface area (Å²) >= 11 is 0. The number of carboxylic acids is 1. The van der Waals surface area contributed by atoms with Crippen LogP contribution in [0.2, 0.25) is 0 Å². The molecule has 0 spiro atoms. The zero-order valence-electron chi connectivity index (χ0n) is 10.4. The van der Waals surface area contributed by atoms with E-state index in [2.05, 4.69) is 20.5 Å². The van der Waals surface area contributed by atoms with Gasteiger partial charge in [0.15, 0.2) is 0 Å². The summed E-state index contributed by atoms with van der Waals surface area (Å²) in [6.45, 7) is 4.07. The summed E-state index contributed by atoms with van der Waals surface area (Å²) in [5, 5.41) is 17.6. The van der Waals surface area contributed by atoms with Crippen LogP contribution in [0.5, 0.6) is 0 Å². The van der Waals surface area contributed by atoms with Crippen molar-refractivity contribution >= 4 is 12.0 Å². The SMILES string of the molecule is CC(C)N(CCC(=O)O)C(=O)NCc1ncn[nH]1. The summed E-state index contributed by atoms with van der Waals surface area (Å²) in [5.74, 6) is -0.381. The summed E-state index contributed by atoms with van der Waals surface area (Å²) in [5.41, 5.74) is 0. The molecule has 0 aromatic carbocycles. The highest BCUT2D eigenvalue weighted by Gasteiger charge is 2.17. The Bertz CT molecular complexity index is 390. The number of aromatic nitrogens is 3. The molecule has 100 valence electrons. The molecule has 0 unspecified atom stereocenters. The van der Waals surface area contributed by atoms with Crippen LogP contribution >= 0.6 is 0 Å². The molecular formula is C10H17N5O3. The van der Waals surface area contributed by atoms with E-state index in [-0.39, 0.29) is 31.6 Å². The number of carboxylic acid groups (broad SMARTS) is 1. The maximum Gasteiger partial charge on any atom is 0.318 e. The largest absolute Gasteiger partial charge is 0.481 e. The summed E-state index contributed by atoms with van der Waals surface area (Å²) in [7, 11) is 0. The van der Waals surface area contributed by atoms with E-state index in [0.717, 1.165) is 0 Å². The van der Waals surface area contributed by atoms with Crippen molar-refractivity contribution in [2.75, 3.05) is 6.54 Å². The molecule has 0 fully saturated rings. The lowest BCUT2D eigenvalue weighted by Crippen LogP contribution is -2.44. The lowest BCUT2D eigenvalue weighted by atomic mass is 10.3. The fourth-order valence-corrected chi connectivity index (χ4v) is 1.39. The lowest BCUT2D eigenvalue weighted by molar-refractivity contribution is -0.137. The number of nitrogens with one attached hydrogen (secondary N) is 2. The minimum absolute atomic E-state index is 0.0703. The second-order valence-electron chi connectivity index (χ2n) is 4.02. The maximum absolute atomic E-state index is 11.9. The predicted molar refractivity (Wildman–Crippen MR) is 62.7 cm³/mol. The van der Waals surface area contributed by atoms with Crippen molar-refractivity contribution in [1.29, 1.82) is 0 Å². The van der Waals surface area contributed by atoms with Crippen LogP contribution in [0.4, 0.5) is 4.79 Å². The van der Waals surface area contributed by atoms with Crippen molar-refractivity contribution in [3.05, 3.63) is 12.2 Å². The average Bonchev–Trinajstić information content (AvgIpc) is 2.78. The van der Waals surface area contributed by atoms with Crippen LogP contribution in [0.15, 0.2) is 6.33 Å². The standard InChI is InChI=1S/C10H17N5O3/c1-7(2)15(4-3-9(16)17)10(18)11-5-8-12-6-13-14-8/h6-7H,3-5H2,1-2H3,(H,11,18)(H,16,17)(H,12,13,14). The number of carbonyl (C=O) groups excluding carboxylic acids is 1. The Hall–Kier alpha value is -2.12. The van der Waals surface area contributed by atoms with E-state index in [0.29, 0.717) is 5.82 Å². The van der Waals surface area contributed by atoms with Crippen molar-refractivity contribution in [3.8, 4) is 0 Å². The van der Waals surface area contributed by atoms with Crippen LogP contribution in [-0.2, 0) is 11.3 Å². The van der Waals surface area contributed by atoms with E-state index in [1.807, 2.05) is 13.8 Å². The molecule has 2 amide bonds. The van der Waals surface area contributed by atoms with Crippen LogP contribution in [0.1, 0.15) is 26.1 Å². The molecule has 18 heavy (non-hydrogen) atoms. The zero-order valence-corrected chi connectivity index (χ0v) is 10.4. The number of nitrogens with zero attached hydrogens (tertiary/aromatic N) is 3. The molecular weight excluding hydrogens is 238 g/mol. The molecule has 0 aliphatic carbocycles.